The molecule has 2 heterocycles. The van der Waals surface area contributed by atoms with Crippen molar-refractivity contribution in [1.29, 1.82) is 0 Å². The Morgan fingerprint density at radius 2 is 2.17 bits per heavy atom. The van der Waals surface area contributed by atoms with E-state index in [1.165, 1.54) is 11.1 Å². The molecule has 0 saturated carbocycles. The van der Waals surface area contributed by atoms with Crippen LogP contribution >= 0.6 is 11.6 Å². The van der Waals surface area contributed by atoms with Crippen LogP contribution in [0, 0.1) is 5.82 Å². The second kappa shape index (κ2) is 6.70. The van der Waals surface area contributed by atoms with Gasteiger partial charge in [0.1, 0.15) is 5.60 Å². The van der Waals surface area contributed by atoms with Crippen molar-refractivity contribution in [2.75, 3.05) is 13.1 Å². The lowest BCUT2D eigenvalue weighted by molar-refractivity contribution is 0.0290. The Morgan fingerprint density at radius 1 is 1.48 bits per heavy atom. The summed E-state index contributed by atoms with van der Waals surface area (Å²) in [6.45, 7) is 6.23. The molecule has 1 aromatic heterocycles. The summed E-state index contributed by atoms with van der Waals surface area (Å²) in [5, 5.41) is 2.47. The maximum absolute atomic E-state index is 13.3. The van der Waals surface area contributed by atoms with Crippen molar-refractivity contribution < 1.29 is 18.7 Å². The Morgan fingerprint density at radius 3 is 2.78 bits per heavy atom. The van der Waals surface area contributed by atoms with E-state index in [4.69, 9.17) is 16.3 Å². The summed E-state index contributed by atoms with van der Waals surface area (Å²) >= 11 is 5.49. The number of hydrogen-bond acceptors (Lipinski definition) is 4. The zero-order valence-electron chi connectivity index (χ0n) is 13.2. The summed E-state index contributed by atoms with van der Waals surface area (Å²) in [4.78, 5) is 29.2. The molecule has 0 bridgehead atoms. The van der Waals surface area contributed by atoms with E-state index in [1.54, 1.807) is 20.8 Å². The summed E-state index contributed by atoms with van der Waals surface area (Å²) in [6.07, 6.45) is 1.41. The van der Waals surface area contributed by atoms with Gasteiger partial charge < -0.3 is 15.0 Å². The lowest BCUT2D eigenvalue weighted by Crippen LogP contribution is -2.40. The van der Waals surface area contributed by atoms with Crippen molar-refractivity contribution in [2.24, 2.45) is 0 Å². The van der Waals surface area contributed by atoms with Gasteiger partial charge in [-0.05, 0) is 33.3 Å². The SMILES string of the molecule is CC(C)(C)OC(=O)N1CCC(NC(=O)c2cnc(Cl)c(F)c2)C1. The van der Waals surface area contributed by atoms with Gasteiger partial charge in [-0.15, -0.1) is 0 Å². The number of amides is 2. The van der Waals surface area contributed by atoms with Crippen LogP contribution in [0.15, 0.2) is 12.3 Å². The van der Waals surface area contributed by atoms with Gasteiger partial charge in [0.25, 0.3) is 5.91 Å². The van der Waals surface area contributed by atoms with Crippen LogP contribution in [0.2, 0.25) is 5.15 Å². The first-order valence-corrected chi connectivity index (χ1v) is 7.63. The number of hydrogen-bond donors (Lipinski definition) is 1. The van der Waals surface area contributed by atoms with E-state index in [2.05, 4.69) is 10.3 Å². The molecule has 0 aliphatic carbocycles. The Hall–Kier alpha value is -1.89. The van der Waals surface area contributed by atoms with Gasteiger partial charge >= 0.3 is 6.09 Å². The lowest BCUT2D eigenvalue weighted by atomic mass is 10.2. The molecule has 2 rings (SSSR count). The predicted molar refractivity (Wildman–Crippen MR) is 82.9 cm³/mol. The number of likely N-dealkylation sites (tertiary alicyclic amines) is 1. The molecule has 0 radical (unpaired) electrons. The molecule has 1 unspecified atom stereocenters. The van der Waals surface area contributed by atoms with Gasteiger partial charge in [0.05, 0.1) is 5.56 Å². The fourth-order valence-electron chi connectivity index (χ4n) is 2.18. The molecule has 1 atom stereocenters. The minimum Gasteiger partial charge on any atom is -0.444 e. The van der Waals surface area contributed by atoms with E-state index in [0.717, 1.165) is 6.07 Å². The molecule has 8 heteroatoms. The second-order valence-corrected chi connectivity index (χ2v) is 6.74. The largest absolute Gasteiger partial charge is 0.444 e. The number of aromatic nitrogens is 1. The highest BCUT2D eigenvalue weighted by Gasteiger charge is 2.30. The zero-order chi connectivity index (χ0) is 17.2. The molecular formula is C15H19ClFN3O3. The summed E-state index contributed by atoms with van der Waals surface area (Å²) < 4.78 is 18.6. The quantitative estimate of drug-likeness (QED) is 0.838. The van der Waals surface area contributed by atoms with Crippen molar-refractivity contribution in [3.8, 4) is 0 Å². The molecule has 1 saturated heterocycles. The number of carbonyl (C=O) groups is 2. The van der Waals surface area contributed by atoms with E-state index in [1.807, 2.05) is 0 Å². The lowest BCUT2D eigenvalue weighted by Gasteiger charge is -2.24. The first-order chi connectivity index (χ1) is 10.7. The van der Waals surface area contributed by atoms with Gasteiger partial charge in [0, 0.05) is 25.3 Å². The van der Waals surface area contributed by atoms with Crippen LogP contribution in [0.4, 0.5) is 9.18 Å². The number of carbonyl (C=O) groups excluding carboxylic acids is 2. The molecular weight excluding hydrogens is 325 g/mol. The third kappa shape index (κ3) is 4.79. The second-order valence-electron chi connectivity index (χ2n) is 6.38. The van der Waals surface area contributed by atoms with E-state index in [-0.39, 0.29) is 16.8 Å². The van der Waals surface area contributed by atoms with Crippen LogP contribution in [0.1, 0.15) is 37.6 Å². The van der Waals surface area contributed by atoms with Crippen LogP contribution in [-0.2, 0) is 4.74 Å². The highest BCUT2D eigenvalue weighted by molar-refractivity contribution is 6.29. The minimum atomic E-state index is -0.749. The highest BCUT2D eigenvalue weighted by Crippen LogP contribution is 2.16. The molecule has 1 aliphatic rings. The Bertz CT molecular complexity index is 618. The third-order valence-corrected chi connectivity index (χ3v) is 3.51. The van der Waals surface area contributed by atoms with Gasteiger partial charge in [-0.2, -0.15) is 0 Å². The topological polar surface area (TPSA) is 71.5 Å². The number of rotatable bonds is 2. The molecule has 0 spiro atoms. The van der Waals surface area contributed by atoms with Crippen molar-refractivity contribution in [3.63, 3.8) is 0 Å². The van der Waals surface area contributed by atoms with Crippen LogP contribution < -0.4 is 5.32 Å². The van der Waals surface area contributed by atoms with Crippen LogP contribution in [0.25, 0.3) is 0 Å². The highest BCUT2D eigenvalue weighted by atomic mass is 35.5. The number of nitrogens with one attached hydrogen (secondary N) is 1. The maximum atomic E-state index is 13.3. The van der Waals surface area contributed by atoms with E-state index < -0.39 is 23.4 Å². The van der Waals surface area contributed by atoms with Crippen LogP contribution in [0.5, 0.6) is 0 Å². The predicted octanol–water partition coefficient (Wildman–Crippen LogP) is 2.61. The number of nitrogens with zero attached hydrogens (tertiary/aromatic N) is 2. The van der Waals surface area contributed by atoms with Gasteiger partial charge in [-0.3, -0.25) is 4.79 Å². The van der Waals surface area contributed by atoms with E-state index in [9.17, 15) is 14.0 Å². The molecule has 6 nitrogen and oxygen atoms in total. The van der Waals surface area contributed by atoms with Crippen LogP contribution in [0.3, 0.4) is 0 Å². The molecule has 1 aliphatic heterocycles. The smallest absolute Gasteiger partial charge is 0.410 e. The maximum Gasteiger partial charge on any atom is 0.410 e. The van der Waals surface area contributed by atoms with Crippen molar-refractivity contribution >= 4 is 23.6 Å². The van der Waals surface area contributed by atoms with Crippen molar-refractivity contribution in [3.05, 3.63) is 28.8 Å². The molecule has 2 amide bonds. The molecule has 1 fully saturated rings. The monoisotopic (exact) mass is 343 g/mol. The van der Waals surface area contributed by atoms with Crippen molar-refractivity contribution in [1.82, 2.24) is 15.2 Å². The molecule has 1 aromatic rings. The molecule has 1 N–H and O–H groups in total. The third-order valence-electron chi connectivity index (χ3n) is 3.23. The van der Waals surface area contributed by atoms with Crippen LogP contribution in [-0.4, -0.2) is 46.6 Å². The number of ether oxygens (including phenoxy) is 1. The fourth-order valence-corrected chi connectivity index (χ4v) is 2.29. The normalized spacial score (nSPS) is 18.0. The molecule has 126 valence electrons. The zero-order valence-corrected chi connectivity index (χ0v) is 14.0. The van der Waals surface area contributed by atoms with Gasteiger partial charge in [-0.25, -0.2) is 14.2 Å². The standard InChI is InChI=1S/C15H19ClFN3O3/c1-15(2,3)23-14(22)20-5-4-10(8-20)19-13(21)9-6-11(17)12(16)18-7-9/h6-7,10H,4-5,8H2,1-3H3,(H,19,21). The van der Waals surface area contributed by atoms with Gasteiger partial charge in [0.2, 0.25) is 0 Å². The first-order valence-electron chi connectivity index (χ1n) is 7.25. The van der Waals surface area contributed by atoms with Gasteiger partial charge in [0.15, 0.2) is 11.0 Å². The number of halogens is 2. The average Bonchev–Trinajstić information content (AvgIpc) is 2.88. The summed E-state index contributed by atoms with van der Waals surface area (Å²) in [5.41, 5.74) is -0.479. The average molecular weight is 344 g/mol. The Kier molecular flexibility index (Phi) is 5.09. The van der Waals surface area contributed by atoms with Gasteiger partial charge in [-0.1, -0.05) is 11.6 Å². The summed E-state index contributed by atoms with van der Waals surface area (Å²) in [6, 6.07) is 0.819. The molecule has 23 heavy (non-hydrogen) atoms. The Balaban J connectivity index is 1.91. The fraction of sp³-hybridized carbons (Fsp3) is 0.533. The number of pyridine rings is 1. The first kappa shape index (κ1) is 17.5. The van der Waals surface area contributed by atoms with E-state index >= 15 is 0 Å². The minimum absolute atomic E-state index is 0.0858. The van der Waals surface area contributed by atoms with Crippen molar-refractivity contribution in [2.45, 2.75) is 38.8 Å². The molecule has 0 aromatic carbocycles. The van der Waals surface area contributed by atoms with E-state index in [0.29, 0.717) is 19.5 Å². The summed E-state index contributed by atoms with van der Waals surface area (Å²) in [7, 11) is 0. The Labute approximate surface area is 139 Å². The summed E-state index contributed by atoms with van der Waals surface area (Å²) in [5.74, 6) is -1.20.